The van der Waals surface area contributed by atoms with Crippen LogP contribution in [-0.2, 0) is 9.59 Å². The monoisotopic (exact) mass is 563 g/mol. The Labute approximate surface area is 250 Å². The Bertz CT molecular complexity index is 561. The molecule has 236 valence electrons. The smallest absolute Gasteiger partial charge is 0.220 e. The molecule has 4 heteroatoms. The van der Waals surface area contributed by atoms with Gasteiger partial charge in [-0.15, -0.1) is 0 Å². The second-order valence-electron chi connectivity index (χ2n) is 12.0. The molecule has 0 spiro atoms. The van der Waals surface area contributed by atoms with Crippen LogP contribution in [0, 0.1) is 0 Å². The van der Waals surface area contributed by atoms with Crippen molar-refractivity contribution in [1.29, 1.82) is 0 Å². The van der Waals surface area contributed by atoms with Crippen LogP contribution in [0.3, 0.4) is 0 Å². The average molecular weight is 563 g/mol. The quantitative estimate of drug-likeness (QED) is 0.0632. The van der Waals surface area contributed by atoms with Gasteiger partial charge >= 0.3 is 0 Å². The van der Waals surface area contributed by atoms with Crippen molar-refractivity contribution in [3.8, 4) is 0 Å². The van der Waals surface area contributed by atoms with Gasteiger partial charge in [-0.1, -0.05) is 154 Å². The Morgan fingerprint density at radius 1 is 0.400 bits per heavy atom. The number of carbonyl (C=O) groups excluding carboxylic acids is 2. The summed E-state index contributed by atoms with van der Waals surface area (Å²) in [5.74, 6) is 0.234. The fourth-order valence-electron chi connectivity index (χ4n) is 5.24. The van der Waals surface area contributed by atoms with Gasteiger partial charge in [0.1, 0.15) is 0 Å². The number of hydrogen-bond donors (Lipinski definition) is 2. The van der Waals surface area contributed by atoms with Gasteiger partial charge in [0, 0.05) is 25.9 Å². The lowest BCUT2D eigenvalue weighted by atomic mass is 10.0. The summed E-state index contributed by atoms with van der Waals surface area (Å²) in [6, 6.07) is 0. The molecule has 0 rings (SSSR count). The number of nitrogens with one attached hydrogen (secondary N) is 2. The average Bonchev–Trinajstić information content (AvgIpc) is 2.95. The van der Waals surface area contributed by atoms with Crippen molar-refractivity contribution in [3.63, 3.8) is 0 Å². The first-order valence-electron chi connectivity index (χ1n) is 17.9. The molecule has 0 aliphatic heterocycles. The molecule has 0 saturated carbocycles. The molecule has 0 aromatic heterocycles. The summed E-state index contributed by atoms with van der Waals surface area (Å²) in [4.78, 5) is 24.0. The third kappa shape index (κ3) is 32.9. The molecule has 40 heavy (non-hydrogen) atoms. The summed E-state index contributed by atoms with van der Waals surface area (Å²) in [6.07, 6.45) is 39.6. The zero-order chi connectivity index (χ0) is 29.2. The first-order chi connectivity index (χ1) is 19.7. The Morgan fingerprint density at radius 3 is 1.00 bits per heavy atom. The second kappa shape index (κ2) is 33.9. The fourth-order valence-corrected chi connectivity index (χ4v) is 5.24. The standard InChI is InChI=1S/C36H70N2O2/c1-3-5-7-9-11-13-15-17-18-20-22-24-26-28-30-32-36(40)38-34-33-37-35(39)31-29-27-25-23-21-19-16-14-12-10-8-6-4-2/h17-18H,3-16,19-34H2,1-2H3,(H,37,39)(H,38,40)/b18-17-. The molecule has 4 nitrogen and oxygen atoms in total. The molecule has 0 aromatic rings. The summed E-state index contributed by atoms with van der Waals surface area (Å²) in [7, 11) is 0. The number of carbonyl (C=O) groups is 2. The molecule has 0 aromatic carbocycles. The first-order valence-corrected chi connectivity index (χ1v) is 17.9. The maximum absolute atomic E-state index is 12.0. The third-order valence-corrected chi connectivity index (χ3v) is 7.94. The number of rotatable bonds is 32. The summed E-state index contributed by atoms with van der Waals surface area (Å²) in [5, 5.41) is 5.89. The van der Waals surface area contributed by atoms with Crippen LogP contribution < -0.4 is 10.6 Å². The van der Waals surface area contributed by atoms with Crippen LogP contribution in [0.25, 0.3) is 0 Å². The minimum atomic E-state index is 0.114. The highest BCUT2D eigenvalue weighted by Crippen LogP contribution is 2.13. The number of amides is 2. The SMILES string of the molecule is CCCCCCCC/C=C\CCCCCCCC(=O)NCCNC(=O)CCCCCCCCCCCCCCC. The predicted molar refractivity (Wildman–Crippen MR) is 176 cm³/mol. The third-order valence-electron chi connectivity index (χ3n) is 7.94. The van der Waals surface area contributed by atoms with E-state index in [-0.39, 0.29) is 11.8 Å². The van der Waals surface area contributed by atoms with Crippen molar-refractivity contribution >= 4 is 11.8 Å². The van der Waals surface area contributed by atoms with Gasteiger partial charge in [0.25, 0.3) is 0 Å². The van der Waals surface area contributed by atoms with Gasteiger partial charge in [0.05, 0.1) is 0 Å². The zero-order valence-corrected chi connectivity index (χ0v) is 27.2. The van der Waals surface area contributed by atoms with E-state index in [1.54, 1.807) is 0 Å². The largest absolute Gasteiger partial charge is 0.354 e. The Morgan fingerprint density at radius 2 is 0.675 bits per heavy atom. The van der Waals surface area contributed by atoms with Gasteiger partial charge in [-0.25, -0.2) is 0 Å². The molecule has 0 atom stereocenters. The van der Waals surface area contributed by atoms with E-state index in [0.29, 0.717) is 25.9 Å². The summed E-state index contributed by atoms with van der Waals surface area (Å²) in [5.41, 5.74) is 0. The van der Waals surface area contributed by atoms with Gasteiger partial charge in [-0.2, -0.15) is 0 Å². The predicted octanol–water partition coefficient (Wildman–Crippen LogP) is 10.7. The number of allylic oxidation sites excluding steroid dienone is 2. The van der Waals surface area contributed by atoms with Crippen molar-refractivity contribution in [1.82, 2.24) is 10.6 Å². The number of hydrogen-bond acceptors (Lipinski definition) is 2. The molecule has 0 aliphatic carbocycles. The van der Waals surface area contributed by atoms with Gasteiger partial charge in [0.2, 0.25) is 11.8 Å². The van der Waals surface area contributed by atoms with Gasteiger partial charge in [-0.05, 0) is 38.5 Å². The molecular weight excluding hydrogens is 492 g/mol. The van der Waals surface area contributed by atoms with E-state index in [1.165, 1.54) is 141 Å². The van der Waals surface area contributed by atoms with E-state index >= 15 is 0 Å². The maximum atomic E-state index is 12.0. The highest BCUT2D eigenvalue weighted by Gasteiger charge is 2.03. The molecule has 0 bridgehead atoms. The van der Waals surface area contributed by atoms with Crippen molar-refractivity contribution in [2.45, 2.75) is 194 Å². The molecule has 0 unspecified atom stereocenters. The van der Waals surface area contributed by atoms with Crippen LogP contribution in [-0.4, -0.2) is 24.9 Å². The normalized spacial score (nSPS) is 11.3. The summed E-state index contributed by atoms with van der Waals surface area (Å²) in [6.45, 7) is 5.62. The van der Waals surface area contributed by atoms with Crippen LogP contribution in [0.15, 0.2) is 12.2 Å². The summed E-state index contributed by atoms with van der Waals surface area (Å²) < 4.78 is 0. The van der Waals surface area contributed by atoms with Gasteiger partial charge in [0.15, 0.2) is 0 Å². The van der Waals surface area contributed by atoms with E-state index in [0.717, 1.165) is 25.7 Å². The van der Waals surface area contributed by atoms with Crippen LogP contribution >= 0.6 is 0 Å². The van der Waals surface area contributed by atoms with Crippen molar-refractivity contribution in [2.24, 2.45) is 0 Å². The van der Waals surface area contributed by atoms with E-state index in [2.05, 4.69) is 36.6 Å². The molecule has 2 N–H and O–H groups in total. The van der Waals surface area contributed by atoms with Crippen LogP contribution in [0.5, 0.6) is 0 Å². The molecule has 0 heterocycles. The lowest BCUT2D eigenvalue weighted by Crippen LogP contribution is -2.34. The number of unbranched alkanes of at least 4 members (excludes halogenated alkanes) is 23. The van der Waals surface area contributed by atoms with Gasteiger partial charge < -0.3 is 10.6 Å². The Balaban J connectivity index is 3.31. The molecular formula is C36H70N2O2. The van der Waals surface area contributed by atoms with Crippen molar-refractivity contribution < 1.29 is 9.59 Å². The van der Waals surface area contributed by atoms with E-state index < -0.39 is 0 Å². The minimum Gasteiger partial charge on any atom is -0.354 e. The van der Waals surface area contributed by atoms with Crippen LogP contribution in [0.4, 0.5) is 0 Å². The topological polar surface area (TPSA) is 58.2 Å². The van der Waals surface area contributed by atoms with Gasteiger partial charge in [-0.3, -0.25) is 9.59 Å². The molecule has 0 fully saturated rings. The molecule has 0 saturated heterocycles. The Hall–Kier alpha value is -1.32. The highest BCUT2D eigenvalue weighted by atomic mass is 16.2. The second-order valence-corrected chi connectivity index (χ2v) is 12.0. The highest BCUT2D eigenvalue weighted by molar-refractivity contribution is 5.77. The van der Waals surface area contributed by atoms with Crippen LogP contribution in [0.1, 0.15) is 194 Å². The summed E-state index contributed by atoms with van der Waals surface area (Å²) >= 11 is 0. The lowest BCUT2D eigenvalue weighted by Gasteiger charge is -2.07. The van der Waals surface area contributed by atoms with E-state index in [9.17, 15) is 9.59 Å². The fraction of sp³-hybridized carbons (Fsp3) is 0.889. The molecule has 0 aliphatic rings. The minimum absolute atomic E-state index is 0.114. The van der Waals surface area contributed by atoms with E-state index in [1.807, 2.05) is 0 Å². The van der Waals surface area contributed by atoms with Crippen LogP contribution in [0.2, 0.25) is 0 Å². The first kappa shape index (κ1) is 38.7. The lowest BCUT2D eigenvalue weighted by molar-refractivity contribution is -0.123. The molecule has 2 amide bonds. The van der Waals surface area contributed by atoms with E-state index in [4.69, 9.17) is 0 Å². The molecule has 0 radical (unpaired) electrons. The van der Waals surface area contributed by atoms with Crippen molar-refractivity contribution in [2.75, 3.05) is 13.1 Å². The maximum Gasteiger partial charge on any atom is 0.220 e. The zero-order valence-electron chi connectivity index (χ0n) is 27.2. The Kier molecular flexibility index (Phi) is 32.8. The van der Waals surface area contributed by atoms with Crippen molar-refractivity contribution in [3.05, 3.63) is 12.2 Å².